The molecule has 1 aliphatic rings. The van der Waals surface area contributed by atoms with Gasteiger partial charge in [0.25, 0.3) is 5.91 Å². The first-order valence-electron chi connectivity index (χ1n) is 8.00. The molecule has 1 amide bonds. The van der Waals surface area contributed by atoms with E-state index in [1.165, 1.54) is 0 Å². The molecule has 0 unspecified atom stereocenters. The van der Waals surface area contributed by atoms with Gasteiger partial charge in [0.2, 0.25) is 0 Å². The highest BCUT2D eigenvalue weighted by molar-refractivity contribution is 9.10. The molecule has 0 fully saturated rings. The summed E-state index contributed by atoms with van der Waals surface area (Å²) in [5.41, 5.74) is 0.980. The fraction of sp³-hybridized carbons (Fsp3) is 0.389. The van der Waals surface area contributed by atoms with Crippen molar-refractivity contribution in [2.24, 2.45) is 5.92 Å². The first-order chi connectivity index (χ1) is 11.5. The molecule has 0 aliphatic carbocycles. The van der Waals surface area contributed by atoms with Gasteiger partial charge in [0, 0.05) is 6.42 Å². The zero-order valence-electron chi connectivity index (χ0n) is 13.7. The van der Waals surface area contributed by atoms with Crippen molar-refractivity contribution in [3.05, 3.63) is 46.3 Å². The van der Waals surface area contributed by atoms with E-state index in [2.05, 4.69) is 35.1 Å². The minimum Gasteiger partial charge on any atom is -0.490 e. The van der Waals surface area contributed by atoms with Crippen LogP contribution in [0.1, 0.15) is 42.4 Å². The van der Waals surface area contributed by atoms with Crippen molar-refractivity contribution in [1.82, 2.24) is 5.32 Å². The Morgan fingerprint density at radius 1 is 1.12 bits per heavy atom. The zero-order valence-corrected chi connectivity index (χ0v) is 15.3. The van der Waals surface area contributed by atoms with E-state index in [-0.39, 0.29) is 23.6 Å². The van der Waals surface area contributed by atoms with E-state index >= 15 is 0 Å². The largest absolute Gasteiger partial charge is 0.490 e. The number of halogens is 1. The molecule has 6 heteroatoms. The monoisotopic (exact) mass is 393 g/mol. The molecule has 3 rings (SSSR count). The third-order valence-electron chi connectivity index (χ3n) is 3.88. The number of ether oxygens (including phenoxy) is 2. The number of benzene rings is 1. The van der Waals surface area contributed by atoms with E-state index in [0.717, 1.165) is 23.5 Å². The molecule has 0 saturated heterocycles. The quantitative estimate of drug-likeness (QED) is 0.839. The Hall–Kier alpha value is -1.95. The number of nitrogens with one attached hydrogen (secondary N) is 1. The lowest BCUT2D eigenvalue weighted by Gasteiger charge is -2.23. The normalized spacial score (nSPS) is 15.0. The summed E-state index contributed by atoms with van der Waals surface area (Å²) in [6.07, 6.45) is 0.863. The highest BCUT2D eigenvalue weighted by atomic mass is 79.9. The van der Waals surface area contributed by atoms with Gasteiger partial charge < -0.3 is 19.2 Å². The lowest BCUT2D eigenvalue weighted by Crippen LogP contribution is -2.31. The van der Waals surface area contributed by atoms with Crippen LogP contribution >= 0.6 is 15.9 Å². The minimum absolute atomic E-state index is 0.154. The van der Waals surface area contributed by atoms with Gasteiger partial charge in [-0.1, -0.05) is 19.9 Å². The molecule has 1 atom stereocenters. The first-order valence-corrected chi connectivity index (χ1v) is 8.79. The Morgan fingerprint density at radius 2 is 1.88 bits per heavy atom. The zero-order chi connectivity index (χ0) is 17.1. The third kappa shape index (κ3) is 3.75. The van der Waals surface area contributed by atoms with E-state index in [9.17, 15) is 4.79 Å². The van der Waals surface area contributed by atoms with Crippen LogP contribution in [0.4, 0.5) is 0 Å². The van der Waals surface area contributed by atoms with Crippen molar-refractivity contribution >= 4 is 21.8 Å². The van der Waals surface area contributed by atoms with Crippen LogP contribution in [0.3, 0.4) is 0 Å². The van der Waals surface area contributed by atoms with Crippen molar-refractivity contribution in [3.63, 3.8) is 0 Å². The average molecular weight is 394 g/mol. The molecule has 1 aliphatic heterocycles. The Labute approximate surface area is 149 Å². The highest BCUT2D eigenvalue weighted by Gasteiger charge is 2.23. The van der Waals surface area contributed by atoms with Gasteiger partial charge in [0.1, 0.15) is 0 Å². The molecule has 128 valence electrons. The van der Waals surface area contributed by atoms with E-state index < -0.39 is 0 Å². The van der Waals surface area contributed by atoms with Gasteiger partial charge in [-0.25, -0.2) is 0 Å². The predicted octanol–water partition coefficient (Wildman–Crippen LogP) is 4.33. The molecule has 1 aromatic carbocycles. The van der Waals surface area contributed by atoms with Crippen LogP contribution in [-0.4, -0.2) is 19.1 Å². The standard InChI is InChI=1S/C18H20BrNO4/c1-11(2)17(20-18(21)14-6-7-16(19)24-14)12-4-5-13-15(10-12)23-9-3-8-22-13/h4-7,10-11,17H,3,8-9H2,1-2H3,(H,20,21)/t17-/m1/s1. The number of fused-ring (bicyclic) bond motifs is 1. The van der Waals surface area contributed by atoms with Crippen molar-refractivity contribution in [2.45, 2.75) is 26.3 Å². The molecule has 0 bridgehead atoms. The van der Waals surface area contributed by atoms with Crippen LogP contribution in [0.2, 0.25) is 0 Å². The van der Waals surface area contributed by atoms with Gasteiger partial charge in [-0.15, -0.1) is 0 Å². The van der Waals surface area contributed by atoms with Gasteiger partial charge in [-0.2, -0.15) is 0 Å². The van der Waals surface area contributed by atoms with Gasteiger partial charge >= 0.3 is 0 Å². The summed E-state index contributed by atoms with van der Waals surface area (Å²) in [7, 11) is 0. The van der Waals surface area contributed by atoms with Crippen molar-refractivity contribution < 1.29 is 18.7 Å². The molecule has 2 aromatic rings. The van der Waals surface area contributed by atoms with E-state index in [0.29, 0.717) is 17.9 Å². The second kappa shape index (κ2) is 7.30. The first kappa shape index (κ1) is 16.9. The second-order valence-electron chi connectivity index (χ2n) is 6.06. The van der Waals surface area contributed by atoms with Gasteiger partial charge in [-0.3, -0.25) is 4.79 Å². The van der Waals surface area contributed by atoms with Crippen LogP contribution in [0.5, 0.6) is 11.5 Å². The fourth-order valence-corrected chi connectivity index (χ4v) is 2.96. The molecule has 0 spiro atoms. The smallest absolute Gasteiger partial charge is 0.287 e. The van der Waals surface area contributed by atoms with E-state index in [1.807, 2.05) is 18.2 Å². The number of carbonyl (C=O) groups excluding carboxylic acids is 1. The van der Waals surface area contributed by atoms with E-state index in [4.69, 9.17) is 13.9 Å². The van der Waals surface area contributed by atoms with Crippen LogP contribution in [0.25, 0.3) is 0 Å². The van der Waals surface area contributed by atoms with Crippen molar-refractivity contribution in [2.75, 3.05) is 13.2 Å². The van der Waals surface area contributed by atoms with Crippen LogP contribution in [-0.2, 0) is 0 Å². The minimum atomic E-state index is -0.244. The Balaban J connectivity index is 1.83. The van der Waals surface area contributed by atoms with Crippen LogP contribution < -0.4 is 14.8 Å². The second-order valence-corrected chi connectivity index (χ2v) is 6.84. The number of hydrogen-bond acceptors (Lipinski definition) is 4. The summed E-state index contributed by atoms with van der Waals surface area (Å²) >= 11 is 3.21. The number of hydrogen-bond donors (Lipinski definition) is 1. The molecule has 24 heavy (non-hydrogen) atoms. The lowest BCUT2D eigenvalue weighted by atomic mass is 9.95. The Bertz CT molecular complexity index is 726. The van der Waals surface area contributed by atoms with Gasteiger partial charge in [0.05, 0.1) is 19.3 Å². The van der Waals surface area contributed by atoms with E-state index in [1.54, 1.807) is 12.1 Å². The molecule has 1 N–H and O–H groups in total. The lowest BCUT2D eigenvalue weighted by molar-refractivity contribution is 0.0896. The number of carbonyl (C=O) groups is 1. The summed E-state index contributed by atoms with van der Waals surface area (Å²) in [5, 5.41) is 3.03. The van der Waals surface area contributed by atoms with Crippen molar-refractivity contribution in [3.8, 4) is 11.5 Å². The van der Waals surface area contributed by atoms with Crippen LogP contribution in [0, 0.1) is 5.92 Å². The number of furan rings is 1. The average Bonchev–Trinajstić information content (AvgIpc) is 2.86. The molecule has 5 nitrogen and oxygen atoms in total. The molecule has 0 radical (unpaired) electrons. The molecule has 0 saturated carbocycles. The number of rotatable bonds is 4. The summed E-state index contributed by atoms with van der Waals surface area (Å²) in [6, 6.07) is 9.01. The van der Waals surface area contributed by atoms with Crippen LogP contribution in [0.15, 0.2) is 39.4 Å². The highest BCUT2D eigenvalue weighted by Crippen LogP contribution is 2.34. The Kier molecular flexibility index (Phi) is 5.14. The summed E-state index contributed by atoms with van der Waals surface area (Å²) in [6.45, 7) is 5.41. The third-order valence-corrected chi connectivity index (χ3v) is 4.31. The molecular weight excluding hydrogens is 374 g/mol. The maximum absolute atomic E-state index is 12.4. The Morgan fingerprint density at radius 3 is 2.54 bits per heavy atom. The predicted molar refractivity (Wildman–Crippen MR) is 93.5 cm³/mol. The van der Waals surface area contributed by atoms with Gasteiger partial charge in [0.15, 0.2) is 21.9 Å². The topological polar surface area (TPSA) is 60.7 Å². The molecule has 1 aromatic heterocycles. The molecule has 2 heterocycles. The summed E-state index contributed by atoms with van der Waals surface area (Å²) < 4.78 is 17.3. The maximum Gasteiger partial charge on any atom is 0.287 e. The summed E-state index contributed by atoms with van der Waals surface area (Å²) in [4.78, 5) is 12.4. The fourth-order valence-electron chi connectivity index (χ4n) is 2.66. The SMILES string of the molecule is CC(C)[C@@H](NC(=O)c1ccc(Br)o1)c1ccc2c(c1)OCCCO2. The van der Waals surface area contributed by atoms with Gasteiger partial charge in [-0.05, 0) is 51.7 Å². The maximum atomic E-state index is 12.4. The molecular formula is C18H20BrNO4. The van der Waals surface area contributed by atoms with Crippen molar-refractivity contribution in [1.29, 1.82) is 0 Å². The summed E-state index contributed by atoms with van der Waals surface area (Å²) in [5.74, 6) is 1.72. The number of amides is 1.